The Morgan fingerprint density at radius 1 is 1.23 bits per heavy atom. The van der Waals surface area contributed by atoms with Crippen molar-refractivity contribution in [3.8, 4) is 5.75 Å². The standard InChI is InChI=1S/C20H18ClN5O3S2/c1-2-28-14-7-8-15-16(9-14)31-19(23-15)24-17(27)11-30-20-26-25-18(29-20)10-22-13-5-3-12(21)4-6-13/h3-9,22H,2,10-11H2,1H3,(H,23,24,27). The minimum absolute atomic E-state index is 0.131. The molecule has 1 amide bonds. The summed E-state index contributed by atoms with van der Waals surface area (Å²) in [7, 11) is 0. The van der Waals surface area contributed by atoms with Crippen LogP contribution in [0.2, 0.25) is 5.02 Å². The van der Waals surface area contributed by atoms with Crippen molar-refractivity contribution < 1.29 is 13.9 Å². The highest BCUT2D eigenvalue weighted by Gasteiger charge is 2.12. The number of carbonyl (C=O) groups excluding carboxylic acids is 1. The normalized spacial score (nSPS) is 10.9. The van der Waals surface area contributed by atoms with Gasteiger partial charge in [-0.25, -0.2) is 4.98 Å². The molecular weight excluding hydrogens is 458 g/mol. The van der Waals surface area contributed by atoms with Crippen LogP contribution < -0.4 is 15.4 Å². The second-order valence-corrected chi connectivity index (χ2v) is 8.63. The van der Waals surface area contributed by atoms with E-state index in [4.69, 9.17) is 20.8 Å². The highest BCUT2D eigenvalue weighted by molar-refractivity contribution is 7.99. The zero-order chi connectivity index (χ0) is 21.6. The average molecular weight is 476 g/mol. The van der Waals surface area contributed by atoms with Crippen LogP contribution in [0.1, 0.15) is 12.8 Å². The highest BCUT2D eigenvalue weighted by atomic mass is 35.5. The van der Waals surface area contributed by atoms with Gasteiger partial charge in [-0.05, 0) is 49.4 Å². The molecule has 0 radical (unpaired) electrons. The average Bonchev–Trinajstić information content (AvgIpc) is 3.38. The van der Waals surface area contributed by atoms with Gasteiger partial charge >= 0.3 is 0 Å². The maximum atomic E-state index is 12.3. The summed E-state index contributed by atoms with van der Waals surface area (Å²) < 4.78 is 12.0. The van der Waals surface area contributed by atoms with Gasteiger partial charge in [0.25, 0.3) is 5.22 Å². The molecule has 2 aromatic heterocycles. The number of aromatic nitrogens is 3. The van der Waals surface area contributed by atoms with Crippen molar-refractivity contribution in [2.45, 2.75) is 18.7 Å². The maximum Gasteiger partial charge on any atom is 0.277 e. The third kappa shape index (κ3) is 5.87. The molecule has 0 unspecified atom stereocenters. The number of nitrogens with one attached hydrogen (secondary N) is 2. The molecule has 4 aromatic rings. The van der Waals surface area contributed by atoms with Gasteiger partial charge < -0.3 is 19.8 Å². The molecule has 0 saturated heterocycles. The van der Waals surface area contributed by atoms with E-state index in [2.05, 4.69) is 25.8 Å². The minimum Gasteiger partial charge on any atom is -0.494 e. The van der Waals surface area contributed by atoms with Crippen LogP contribution in [-0.2, 0) is 11.3 Å². The van der Waals surface area contributed by atoms with Gasteiger partial charge in [-0.1, -0.05) is 34.7 Å². The first-order chi connectivity index (χ1) is 15.1. The predicted molar refractivity (Wildman–Crippen MR) is 123 cm³/mol. The molecule has 2 aromatic carbocycles. The second-order valence-electron chi connectivity index (χ2n) is 6.24. The molecule has 0 aliphatic carbocycles. The first-order valence-corrected chi connectivity index (χ1v) is 11.5. The van der Waals surface area contributed by atoms with Gasteiger partial charge in [-0.15, -0.1) is 10.2 Å². The molecule has 31 heavy (non-hydrogen) atoms. The van der Waals surface area contributed by atoms with Gasteiger partial charge in [0.05, 0.1) is 29.1 Å². The smallest absolute Gasteiger partial charge is 0.277 e. The Hall–Kier alpha value is -2.82. The van der Waals surface area contributed by atoms with Crippen molar-refractivity contribution in [2.24, 2.45) is 0 Å². The first kappa shape index (κ1) is 21.4. The Labute approximate surface area is 191 Å². The Balaban J connectivity index is 1.27. The molecule has 11 heteroatoms. The summed E-state index contributed by atoms with van der Waals surface area (Å²) >= 11 is 8.43. The van der Waals surface area contributed by atoms with Crippen LogP contribution in [0.5, 0.6) is 5.75 Å². The largest absolute Gasteiger partial charge is 0.494 e. The molecular formula is C20H18ClN5O3S2. The van der Waals surface area contributed by atoms with Gasteiger partial charge in [0.2, 0.25) is 11.8 Å². The lowest BCUT2D eigenvalue weighted by Gasteiger charge is -2.02. The molecule has 0 saturated carbocycles. The Morgan fingerprint density at radius 3 is 2.87 bits per heavy atom. The van der Waals surface area contributed by atoms with Crippen molar-refractivity contribution in [2.75, 3.05) is 23.0 Å². The number of halogens is 1. The van der Waals surface area contributed by atoms with Crippen LogP contribution in [-0.4, -0.2) is 33.4 Å². The van der Waals surface area contributed by atoms with Crippen LogP contribution in [0.25, 0.3) is 10.2 Å². The van der Waals surface area contributed by atoms with Gasteiger partial charge in [0, 0.05) is 10.7 Å². The topological polar surface area (TPSA) is 102 Å². The number of thioether (sulfide) groups is 1. The summed E-state index contributed by atoms with van der Waals surface area (Å²) in [6.07, 6.45) is 0. The van der Waals surface area contributed by atoms with Crippen LogP contribution >= 0.6 is 34.7 Å². The predicted octanol–water partition coefficient (Wildman–Crippen LogP) is 5.07. The molecule has 2 heterocycles. The number of benzene rings is 2. The first-order valence-electron chi connectivity index (χ1n) is 9.37. The van der Waals surface area contributed by atoms with E-state index in [0.717, 1.165) is 21.7 Å². The van der Waals surface area contributed by atoms with E-state index in [1.807, 2.05) is 37.3 Å². The van der Waals surface area contributed by atoms with Crippen LogP contribution in [0, 0.1) is 0 Å². The van der Waals surface area contributed by atoms with Crippen molar-refractivity contribution in [1.29, 1.82) is 0 Å². The summed E-state index contributed by atoms with van der Waals surface area (Å²) in [5.74, 6) is 1.14. The van der Waals surface area contributed by atoms with Crippen molar-refractivity contribution in [1.82, 2.24) is 15.2 Å². The fourth-order valence-electron chi connectivity index (χ4n) is 2.61. The number of ether oxygens (including phenoxy) is 1. The van der Waals surface area contributed by atoms with E-state index in [0.29, 0.717) is 34.4 Å². The number of amides is 1. The lowest BCUT2D eigenvalue weighted by Crippen LogP contribution is -2.13. The third-order valence-corrected chi connectivity index (χ3v) is 5.98. The maximum absolute atomic E-state index is 12.3. The summed E-state index contributed by atoms with van der Waals surface area (Å²) in [4.78, 5) is 16.7. The molecule has 0 fully saturated rings. The number of thiazole rings is 1. The lowest BCUT2D eigenvalue weighted by molar-refractivity contribution is -0.113. The number of nitrogens with zero attached hydrogens (tertiary/aromatic N) is 3. The fourth-order valence-corrected chi connectivity index (χ4v) is 4.23. The molecule has 0 aliphatic rings. The van der Waals surface area contributed by atoms with Crippen molar-refractivity contribution in [3.05, 3.63) is 53.4 Å². The summed E-state index contributed by atoms with van der Waals surface area (Å²) in [5, 5.41) is 15.4. The molecule has 160 valence electrons. The Kier molecular flexibility index (Phi) is 6.90. The number of anilines is 2. The van der Waals surface area contributed by atoms with Gasteiger partial charge in [-0.3, -0.25) is 4.79 Å². The van der Waals surface area contributed by atoms with E-state index in [1.54, 1.807) is 12.1 Å². The summed E-state index contributed by atoms with van der Waals surface area (Å²) in [6.45, 7) is 2.90. The molecule has 0 spiro atoms. The Bertz CT molecular complexity index is 1180. The second kappa shape index (κ2) is 9.99. The number of hydrogen-bond donors (Lipinski definition) is 2. The van der Waals surface area contributed by atoms with Crippen LogP contribution in [0.3, 0.4) is 0 Å². The number of carbonyl (C=O) groups is 1. The quantitative estimate of drug-likeness (QED) is 0.323. The molecule has 4 rings (SSSR count). The SMILES string of the molecule is CCOc1ccc2nc(NC(=O)CSc3nnc(CNc4ccc(Cl)cc4)o3)sc2c1. The monoisotopic (exact) mass is 475 g/mol. The van der Waals surface area contributed by atoms with E-state index in [-0.39, 0.29) is 11.7 Å². The fraction of sp³-hybridized carbons (Fsp3) is 0.200. The van der Waals surface area contributed by atoms with E-state index < -0.39 is 0 Å². The molecule has 0 bridgehead atoms. The van der Waals surface area contributed by atoms with Crippen molar-refractivity contribution in [3.63, 3.8) is 0 Å². The minimum atomic E-state index is -0.201. The number of hydrogen-bond acceptors (Lipinski definition) is 9. The van der Waals surface area contributed by atoms with E-state index >= 15 is 0 Å². The van der Waals surface area contributed by atoms with Crippen molar-refractivity contribution >= 4 is 61.6 Å². The van der Waals surface area contributed by atoms with Gasteiger partial charge in [0.1, 0.15) is 5.75 Å². The summed E-state index contributed by atoms with van der Waals surface area (Å²) in [6, 6.07) is 13.0. The number of fused-ring (bicyclic) bond motifs is 1. The third-order valence-electron chi connectivity index (χ3n) is 3.98. The molecule has 2 N–H and O–H groups in total. The zero-order valence-electron chi connectivity index (χ0n) is 16.4. The molecule has 8 nitrogen and oxygen atoms in total. The molecule has 0 atom stereocenters. The van der Waals surface area contributed by atoms with E-state index in [9.17, 15) is 4.79 Å². The van der Waals surface area contributed by atoms with Crippen LogP contribution in [0.15, 0.2) is 52.1 Å². The van der Waals surface area contributed by atoms with Gasteiger partial charge in [0.15, 0.2) is 5.13 Å². The molecule has 0 aliphatic heterocycles. The summed E-state index contributed by atoms with van der Waals surface area (Å²) in [5.41, 5.74) is 1.70. The highest BCUT2D eigenvalue weighted by Crippen LogP contribution is 2.29. The zero-order valence-corrected chi connectivity index (χ0v) is 18.8. The van der Waals surface area contributed by atoms with Gasteiger partial charge in [-0.2, -0.15) is 0 Å². The number of rotatable bonds is 9. The lowest BCUT2D eigenvalue weighted by atomic mass is 10.3. The Morgan fingerprint density at radius 2 is 2.06 bits per heavy atom. The van der Waals surface area contributed by atoms with Crippen LogP contribution in [0.4, 0.5) is 10.8 Å². The van der Waals surface area contributed by atoms with E-state index in [1.165, 1.54) is 23.1 Å².